The molecule has 0 atom stereocenters. The summed E-state index contributed by atoms with van der Waals surface area (Å²) in [6.07, 6.45) is 0. The zero-order valence-corrected chi connectivity index (χ0v) is 6.96. The van der Waals surface area contributed by atoms with E-state index in [-0.39, 0.29) is 0 Å². The summed E-state index contributed by atoms with van der Waals surface area (Å²) in [4.78, 5) is 15.1. The van der Waals surface area contributed by atoms with Gasteiger partial charge in [0, 0.05) is 0 Å². The van der Waals surface area contributed by atoms with E-state index < -0.39 is 11.5 Å². The third kappa shape index (κ3) is 3.28. The van der Waals surface area contributed by atoms with Crippen molar-refractivity contribution in [3.8, 4) is 0 Å². The van der Waals surface area contributed by atoms with Crippen LogP contribution in [0.1, 0.15) is 0 Å². The molecule has 0 aliphatic heterocycles. The molecule has 0 aromatic carbocycles. The molecule has 0 fully saturated rings. The number of hydrogen-bond acceptors (Lipinski definition) is 4. The van der Waals surface area contributed by atoms with Gasteiger partial charge in [-0.2, -0.15) is 0 Å². The van der Waals surface area contributed by atoms with Crippen molar-refractivity contribution in [1.82, 2.24) is 2.99 Å². The Bertz CT molecular complexity index is 81.9. The Morgan fingerprint density at radius 2 is 1.25 bits per heavy atom. The van der Waals surface area contributed by atoms with Crippen LogP contribution in [0.3, 0.4) is 0 Å². The predicted molar refractivity (Wildman–Crippen MR) is 32.0 cm³/mol. The average molecular weight is 227 g/mol. The molecular weight excluding hydrogens is 221 g/mol. The molecule has 0 spiro atoms. The summed E-state index contributed by atoms with van der Waals surface area (Å²) in [5.41, 5.74) is 0. The van der Waals surface area contributed by atoms with Crippen LogP contribution in [-0.2, 0) is 11.5 Å². The summed E-state index contributed by atoms with van der Waals surface area (Å²) in [6.45, 7) is 0. The van der Waals surface area contributed by atoms with Crippen LogP contribution in [0.15, 0.2) is 0 Å². The van der Waals surface area contributed by atoms with E-state index in [4.69, 9.17) is 48.0 Å². The van der Waals surface area contributed by atoms with Crippen molar-refractivity contribution in [2.75, 3.05) is 0 Å². The fourth-order valence-electron chi connectivity index (χ4n) is 0. The fraction of sp³-hybridized carbons (Fsp3) is 0. The maximum atomic E-state index is 5.25. The molecule has 0 aliphatic carbocycles. The van der Waals surface area contributed by atoms with Crippen molar-refractivity contribution >= 4 is 33.7 Å². The standard InChI is InChI=1S/Cl2N.ClH.Co.3H2N/c1-3-2;;;;;/h;1H;;3*1H2/q-1;;+3;3*-1/p-1. The second-order valence-corrected chi connectivity index (χ2v) is 7.80. The minimum absolute atomic E-state index is 0.381. The number of rotatable bonds is 1. The Morgan fingerprint density at radius 1 is 1.12 bits per heavy atom. The molecule has 0 bridgehead atoms. The summed E-state index contributed by atoms with van der Waals surface area (Å²) in [7, 11) is 5.25. The molecular formula is H6Cl3CoN4-2. The summed E-state index contributed by atoms with van der Waals surface area (Å²) in [5.74, 6) is 0. The summed E-state index contributed by atoms with van der Waals surface area (Å²) < 4.78 is 0.381. The second-order valence-electron chi connectivity index (χ2n) is 1.04. The van der Waals surface area contributed by atoms with E-state index in [1.165, 1.54) is 0 Å². The molecule has 0 saturated carbocycles. The average Bonchev–Trinajstić information content (AvgIpc) is 1.27. The van der Waals surface area contributed by atoms with Gasteiger partial charge in [0.1, 0.15) is 0 Å². The Morgan fingerprint density at radius 3 is 1.25 bits per heavy atom. The van der Waals surface area contributed by atoms with E-state index in [1.54, 1.807) is 0 Å². The number of nitrogens with zero attached hydrogens (tertiary/aromatic N) is 1. The van der Waals surface area contributed by atoms with Gasteiger partial charge in [-0.1, -0.05) is 0 Å². The van der Waals surface area contributed by atoms with Crippen LogP contribution >= 0.6 is 33.7 Å². The summed E-state index contributed by atoms with van der Waals surface area (Å²) in [6, 6.07) is 0. The Hall–Kier alpha value is 1.22. The molecule has 58 valence electrons. The molecule has 0 saturated heterocycles. The Labute approximate surface area is 62.7 Å². The van der Waals surface area contributed by atoms with Gasteiger partial charge >= 0.3 is 62.6 Å². The monoisotopic (exact) mass is 226 g/mol. The molecule has 0 amide bonds. The molecule has 0 heterocycles. The fourth-order valence-corrected chi connectivity index (χ4v) is 0. The van der Waals surface area contributed by atoms with Gasteiger partial charge in [0.05, 0.1) is 0 Å². The zero-order chi connectivity index (χ0) is 7.02. The van der Waals surface area contributed by atoms with Crippen molar-refractivity contribution in [1.29, 1.82) is 0 Å². The Kier molecular flexibility index (Phi) is 2.44. The summed E-state index contributed by atoms with van der Waals surface area (Å²) in [5, 5.41) is 0. The van der Waals surface area contributed by atoms with Gasteiger partial charge < -0.3 is 0 Å². The predicted octanol–water partition coefficient (Wildman–Crippen LogP) is -0.0245. The SMILES string of the molecule is [NH2][Co-2]([NH2])([NH2])([Cl])[N](Cl)Cl. The molecule has 0 unspecified atom stereocenters. The van der Waals surface area contributed by atoms with Crippen LogP contribution < -0.4 is 14.3 Å². The van der Waals surface area contributed by atoms with Crippen molar-refractivity contribution in [2.24, 2.45) is 14.3 Å². The quantitative estimate of drug-likeness (QED) is 0.550. The molecule has 8 heavy (non-hydrogen) atoms. The third-order valence-corrected chi connectivity index (χ3v) is 3.99. The minimum atomic E-state index is -3.83. The molecule has 0 radical (unpaired) electrons. The number of hydrogen-bond donors (Lipinski definition) is 3. The molecule has 0 rings (SSSR count). The van der Waals surface area contributed by atoms with E-state index in [0.29, 0.717) is 2.99 Å². The van der Waals surface area contributed by atoms with Crippen LogP contribution in [0.2, 0.25) is 0 Å². The van der Waals surface area contributed by atoms with Crippen LogP contribution in [0, 0.1) is 0 Å². The summed E-state index contributed by atoms with van der Waals surface area (Å²) >= 11 is 6.25. The van der Waals surface area contributed by atoms with Gasteiger partial charge in [-0.3, -0.25) is 0 Å². The van der Waals surface area contributed by atoms with Crippen LogP contribution in [0.25, 0.3) is 0 Å². The van der Waals surface area contributed by atoms with Crippen LogP contribution in [-0.4, -0.2) is 2.99 Å². The molecule has 6 N–H and O–H groups in total. The molecule has 0 aromatic heterocycles. The van der Waals surface area contributed by atoms with Gasteiger partial charge in [-0.05, 0) is 0 Å². The van der Waals surface area contributed by atoms with Crippen LogP contribution in [0.4, 0.5) is 0 Å². The van der Waals surface area contributed by atoms with Crippen molar-refractivity contribution in [3.05, 3.63) is 0 Å². The van der Waals surface area contributed by atoms with E-state index >= 15 is 0 Å². The molecule has 0 aliphatic rings. The topological polar surface area (TPSA) is 81.3 Å². The van der Waals surface area contributed by atoms with Crippen molar-refractivity contribution in [3.63, 3.8) is 0 Å². The first-order valence-corrected chi connectivity index (χ1v) is 5.57. The molecule has 8 heteroatoms. The number of halogens is 3. The van der Waals surface area contributed by atoms with Gasteiger partial charge in [0.15, 0.2) is 0 Å². The van der Waals surface area contributed by atoms with Gasteiger partial charge in [0.2, 0.25) is 0 Å². The van der Waals surface area contributed by atoms with Crippen molar-refractivity contribution in [2.45, 2.75) is 0 Å². The van der Waals surface area contributed by atoms with E-state index in [0.717, 1.165) is 0 Å². The van der Waals surface area contributed by atoms with Gasteiger partial charge in [-0.25, -0.2) is 0 Å². The second kappa shape index (κ2) is 2.12. The first-order valence-electron chi connectivity index (χ1n) is 1.19. The first kappa shape index (κ1) is 9.22. The third-order valence-electron chi connectivity index (χ3n) is 0.238. The van der Waals surface area contributed by atoms with E-state index in [1.807, 2.05) is 0 Å². The van der Waals surface area contributed by atoms with Crippen molar-refractivity contribution < 1.29 is 11.5 Å². The van der Waals surface area contributed by atoms with E-state index in [2.05, 4.69) is 0 Å². The molecule has 0 aromatic rings. The van der Waals surface area contributed by atoms with Gasteiger partial charge in [0.25, 0.3) is 0 Å². The van der Waals surface area contributed by atoms with Gasteiger partial charge in [-0.15, -0.1) is 0 Å². The Balaban J connectivity index is 4.14. The number of nitrogens with two attached hydrogens (primary N) is 3. The van der Waals surface area contributed by atoms with E-state index in [9.17, 15) is 0 Å². The molecule has 4 nitrogen and oxygen atoms in total. The zero-order valence-electron chi connectivity index (χ0n) is 3.65. The normalized spacial score (nSPS) is 18.1. The maximum absolute atomic E-state index is 5.25. The first-order chi connectivity index (χ1) is 3.20. The van der Waals surface area contributed by atoms with Crippen LogP contribution in [0.5, 0.6) is 0 Å².